The number of hydrogen-bond donors (Lipinski definition) is 1. The van der Waals surface area contributed by atoms with Gasteiger partial charge in [-0.15, -0.1) is 0 Å². The molecule has 25 heavy (non-hydrogen) atoms. The zero-order valence-electron chi connectivity index (χ0n) is 14.1. The number of benzene rings is 1. The second kappa shape index (κ2) is 7.01. The molecular weight excluding hydrogens is 310 g/mol. The second-order valence-electron chi connectivity index (χ2n) is 6.62. The minimum atomic E-state index is 0.0830. The van der Waals surface area contributed by atoms with Crippen molar-refractivity contribution < 1.29 is 4.79 Å². The van der Waals surface area contributed by atoms with Crippen LogP contribution < -0.4 is 5.32 Å². The summed E-state index contributed by atoms with van der Waals surface area (Å²) in [6, 6.07) is 16.0. The van der Waals surface area contributed by atoms with E-state index in [1.807, 2.05) is 42.5 Å². The molecule has 1 N–H and O–H groups in total. The Morgan fingerprint density at radius 1 is 1.00 bits per heavy atom. The fourth-order valence-electron chi connectivity index (χ4n) is 3.52. The summed E-state index contributed by atoms with van der Waals surface area (Å²) in [6.07, 6.45) is 7.17. The average Bonchev–Trinajstić information content (AvgIpc) is 2.69. The average molecular weight is 331 g/mol. The van der Waals surface area contributed by atoms with E-state index in [0.29, 0.717) is 11.5 Å². The molecule has 0 unspecified atom stereocenters. The van der Waals surface area contributed by atoms with E-state index in [0.717, 1.165) is 42.2 Å². The third-order valence-electron chi connectivity index (χ3n) is 4.89. The summed E-state index contributed by atoms with van der Waals surface area (Å²) in [6.45, 7) is 0. The first-order valence-electron chi connectivity index (χ1n) is 8.93. The molecule has 126 valence electrons. The molecule has 0 bridgehead atoms. The molecule has 1 fully saturated rings. The quantitative estimate of drug-likeness (QED) is 0.749. The molecule has 0 radical (unpaired) electrons. The van der Waals surface area contributed by atoms with E-state index in [9.17, 15) is 4.79 Å². The van der Waals surface area contributed by atoms with Crippen molar-refractivity contribution in [2.24, 2.45) is 5.92 Å². The Labute approximate surface area is 147 Å². The van der Waals surface area contributed by atoms with Crippen LogP contribution in [0.4, 0.5) is 5.82 Å². The highest BCUT2D eigenvalue weighted by molar-refractivity contribution is 5.98. The molecule has 4 heteroatoms. The fraction of sp³-hybridized carbons (Fsp3) is 0.286. The Kier molecular flexibility index (Phi) is 4.42. The number of carbonyl (C=O) groups is 1. The predicted molar refractivity (Wildman–Crippen MR) is 100 cm³/mol. The maximum absolute atomic E-state index is 12.7. The molecule has 1 aromatic carbocycles. The van der Waals surface area contributed by atoms with Gasteiger partial charge in [0.25, 0.3) is 0 Å². The number of carbonyl (C=O) groups excluding carboxylic acids is 1. The molecule has 0 aliphatic heterocycles. The summed E-state index contributed by atoms with van der Waals surface area (Å²) in [5, 5.41) is 4.05. The molecular formula is C21H21N3O. The van der Waals surface area contributed by atoms with E-state index in [4.69, 9.17) is 0 Å². The van der Waals surface area contributed by atoms with Gasteiger partial charge in [0, 0.05) is 23.1 Å². The molecule has 0 saturated heterocycles. The van der Waals surface area contributed by atoms with Gasteiger partial charge in [-0.2, -0.15) is 0 Å². The van der Waals surface area contributed by atoms with Crippen LogP contribution in [0.3, 0.4) is 0 Å². The molecule has 1 saturated carbocycles. The lowest BCUT2D eigenvalue weighted by atomic mass is 9.88. The summed E-state index contributed by atoms with van der Waals surface area (Å²) < 4.78 is 0. The topological polar surface area (TPSA) is 54.9 Å². The van der Waals surface area contributed by atoms with Crippen molar-refractivity contribution >= 4 is 22.8 Å². The van der Waals surface area contributed by atoms with Crippen molar-refractivity contribution in [1.29, 1.82) is 0 Å². The second-order valence-corrected chi connectivity index (χ2v) is 6.62. The predicted octanol–water partition coefficient (Wildman–Crippen LogP) is 4.82. The van der Waals surface area contributed by atoms with Crippen molar-refractivity contribution in [3.63, 3.8) is 0 Å². The molecule has 2 heterocycles. The highest BCUT2D eigenvalue weighted by atomic mass is 16.1. The number of nitrogens with zero attached hydrogens (tertiary/aromatic N) is 2. The van der Waals surface area contributed by atoms with E-state index in [1.165, 1.54) is 6.42 Å². The van der Waals surface area contributed by atoms with Crippen LogP contribution in [-0.4, -0.2) is 15.9 Å². The van der Waals surface area contributed by atoms with Crippen LogP contribution in [0.5, 0.6) is 0 Å². The summed E-state index contributed by atoms with van der Waals surface area (Å²) in [5.74, 6) is 0.784. The zero-order valence-corrected chi connectivity index (χ0v) is 14.1. The Hall–Kier alpha value is -2.75. The standard InChI is InChI=1S/C21H21N3O/c25-21(16-10-5-2-6-11-16)24-20-18(15-8-3-1-4-9-15)14-17-12-7-13-22-19(17)23-20/h1,3-4,7-9,12-14,16H,2,5-6,10-11H2,(H,22,23,24,25). The molecule has 2 aromatic heterocycles. The van der Waals surface area contributed by atoms with E-state index in [1.54, 1.807) is 6.20 Å². The van der Waals surface area contributed by atoms with Gasteiger partial charge in [-0.3, -0.25) is 4.79 Å². The van der Waals surface area contributed by atoms with Gasteiger partial charge in [-0.25, -0.2) is 9.97 Å². The monoisotopic (exact) mass is 331 g/mol. The first-order chi connectivity index (χ1) is 12.3. The van der Waals surface area contributed by atoms with E-state index in [-0.39, 0.29) is 11.8 Å². The number of fused-ring (bicyclic) bond motifs is 1. The third kappa shape index (κ3) is 3.38. The lowest BCUT2D eigenvalue weighted by Crippen LogP contribution is -2.25. The fourth-order valence-corrected chi connectivity index (χ4v) is 3.52. The largest absolute Gasteiger partial charge is 0.310 e. The van der Waals surface area contributed by atoms with Crippen LogP contribution in [-0.2, 0) is 4.79 Å². The van der Waals surface area contributed by atoms with Crippen LogP contribution in [0.25, 0.3) is 22.2 Å². The maximum atomic E-state index is 12.7. The lowest BCUT2D eigenvalue weighted by Gasteiger charge is -2.21. The summed E-state index contributed by atoms with van der Waals surface area (Å²) in [4.78, 5) is 21.7. The van der Waals surface area contributed by atoms with Gasteiger partial charge in [0.1, 0.15) is 5.82 Å². The maximum Gasteiger partial charge on any atom is 0.228 e. The van der Waals surface area contributed by atoms with Crippen molar-refractivity contribution in [2.75, 3.05) is 5.32 Å². The van der Waals surface area contributed by atoms with Gasteiger partial charge in [-0.1, -0.05) is 49.6 Å². The minimum absolute atomic E-state index is 0.0830. The van der Waals surface area contributed by atoms with Gasteiger partial charge < -0.3 is 5.32 Å². The van der Waals surface area contributed by atoms with Crippen molar-refractivity contribution in [1.82, 2.24) is 9.97 Å². The highest BCUT2D eigenvalue weighted by Gasteiger charge is 2.22. The number of hydrogen-bond acceptors (Lipinski definition) is 3. The Bertz CT molecular complexity index is 886. The van der Waals surface area contributed by atoms with Crippen LogP contribution in [0.15, 0.2) is 54.7 Å². The normalized spacial score (nSPS) is 15.2. The van der Waals surface area contributed by atoms with Crippen LogP contribution in [0.1, 0.15) is 32.1 Å². The van der Waals surface area contributed by atoms with Gasteiger partial charge in [0.15, 0.2) is 5.65 Å². The van der Waals surface area contributed by atoms with Crippen LogP contribution >= 0.6 is 0 Å². The van der Waals surface area contributed by atoms with Crippen molar-refractivity contribution in [2.45, 2.75) is 32.1 Å². The van der Waals surface area contributed by atoms with E-state index < -0.39 is 0 Å². The Balaban J connectivity index is 1.74. The molecule has 3 aromatic rings. The molecule has 4 nitrogen and oxygen atoms in total. The third-order valence-corrected chi connectivity index (χ3v) is 4.89. The summed E-state index contributed by atoms with van der Waals surface area (Å²) >= 11 is 0. The smallest absolute Gasteiger partial charge is 0.228 e. The summed E-state index contributed by atoms with van der Waals surface area (Å²) in [7, 11) is 0. The van der Waals surface area contributed by atoms with Crippen LogP contribution in [0.2, 0.25) is 0 Å². The van der Waals surface area contributed by atoms with Gasteiger partial charge in [-0.05, 0) is 36.6 Å². The number of rotatable bonds is 3. The van der Waals surface area contributed by atoms with E-state index >= 15 is 0 Å². The molecule has 1 aliphatic rings. The number of pyridine rings is 2. The SMILES string of the molecule is O=C(Nc1nc2ncccc2cc1-c1ccccc1)C1CCCCC1. The minimum Gasteiger partial charge on any atom is -0.310 e. The molecule has 1 aliphatic carbocycles. The molecule has 0 spiro atoms. The van der Waals surface area contributed by atoms with Crippen molar-refractivity contribution in [3.8, 4) is 11.1 Å². The zero-order chi connectivity index (χ0) is 17.1. The van der Waals surface area contributed by atoms with Crippen LogP contribution in [0, 0.1) is 5.92 Å². The summed E-state index contributed by atoms with van der Waals surface area (Å²) in [5.41, 5.74) is 2.63. The number of aromatic nitrogens is 2. The van der Waals surface area contributed by atoms with Crippen molar-refractivity contribution in [3.05, 3.63) is 54.7 Å². The highest BCUT2D eigenvalue weighted by Crippen LogP contribution is 2.31. The first-order valence-corrected chi connectivity index (χ1v) is 8.93. The number of amides is 1. The number of anilines is 1. The Morgan fingerprint density at radius 3 is 2.60 bits per heavy atom. The lowest BCUT2D eigenvalue weighted by molar-refractivity contribution is -0.120. The number of nitrogens with one attached hydrogen (secondary N) is 1. The molecule has 1 amide bonds. The first kappa shape index (κ1) is 15.8. The van der Waals surface area contributed by atoms with Gasteiger partial charge in [0.05, 0.1) is 0 Å². The molecule has 0 atom stereocenters. The Morgan fingerprint density at radius 2 is 1.80 bits per heavy atom. The molecule has 4 rings (SSSR count). The van der Waals surface area contributed by atoms with E-state index in [2.05, 4.69) is 21.4 Å². The van der Waals surface area contributed by atoms with Gasteiger partial charge in [0.2, 0.25) is 5.91 Å². The van der Waals surface area contributed by atoms with Gasteiger partial charge >= 0.3 is 0 Å².